The quantitative estimate of drug-likeness (QED) is 0.851. The van der Waals surface area contributed by atoms with Crippen molar-refractivity contribution in [1.82, 2.24) is 14.5 Å². The molecule has 6 heteroatoms. The van der Waals surface area contributed by atoms with Crippen LogP contribution in [0.3, 0.4) is 0 Å². The lowest BCUT2D eigenvalue weighted by molar-refractivity contribution is 0.102. The number of aromatic nitrogens is 2. The van der Waals surface area contributed by atoms with Crippen molar-refractivity contribution in [2.75, 3.05) is 31.1 Å². The highest BCUT2D eigenvalue weighted by Crippen LogP contribution is 2.18. The standard InChI is InChI=1S/C14H24N4O2/c1-4-16-6-5-15-13(14(16)20)17-9-11(2)18(7-8-19)12(3)10-17/h5-6,11-12,19H,4,7-10H2,1-3H3/t11-,12+. The fourth-order valence-electron chi connectivity index (χ4n) is 2.99. The first-order valence-electron chi connectivity index (χ1n) is 7.25. The van der Waals surface area contributed by atoms with Crippen LogP contribution in [0.5, 0.6) is 0 Å². The van der Waals surface area contributed by atoms with Crippen LogP contribution in [-0.4, -0.2) is 57.9 Å². The molecule has 2 heterocycles. The van der Waals surface area contributed by atoms with Gasteiger partial charge in [-0.25, -0.2) is 4.98 Å². The maximum atomic E-state index is 12.3. The molecule has 112 valence electrons. The second-order valence-electron chi connectivity index (χ2n) is 5.41. The first kappa shape index (κ1) is 15.0. The van der Waals surface area contributed by atoms with E-state index in [1.165, 1.54) is 0 Å². The third-order valence-corrected chi connectivity index (χ3v) is 4.00. The second kappa shape index (κ2) is 6.37. The van der Waals surface area contributed by atoms with Crippen molar-refractivity contribution in [2.24, 2.45) is 0 Å². The van der Waals surface area contributed by atoms with E-state index in [1.54, 1.807) is 17.0 Å². The van der Waals surface area contributed by atoms with Gasteiger partial charge in [0.1, 0.15) is 0 Å². The average molecular weight is 280 g/mol. The molecule has 1 N–H and O–H groups in total. The van der Waals surface area contributed by atoms with Crippen molar-refractivity contribution in [3.05, 3.63) is 22.7 Å². The molecule has 6 nitrogen and oxygen atoms in total. The number of aliphatic hydroxyl groups excluding tert-OH is 1. The molecule has 1 aromatic rings. The summed E-state index contributed by atoms with van der Waals surface area (Å²) in [4.78, 5) is 20.9. The molecule has 2 atom stereocenters. The summed E-state index contributed by atoms with van der Waals surface area (Å²) in [5.41, 5.74) is -0.0231. The highest BCUT2D eigenvalue weighted by molar-refractivity contribution is 5.37. The van der Waals surface area contributed by atoms with Crippen LogP contribution in [0.4, 0.5) is 5.82 Å². The van der Waals surface area contributed by atoms with Gasteiger partial charge in [0.15, 0.2) is 5.82 Å². The molecule has 20 heavy (non-hydrogen) atoms. The molecule has 1 aromatic heterocycles. The lowest BCUT2D eigenvalue weighted by Crippen LogP contribution is -2.58. The highest BCUT2D eigenvalue weighted by Gasteiger charge is 2.30. The summed E-state index contributed by atoms with van der Waals surface area (Å²) in [6.07, 6.45) is 3.41. The fraction of sp³-hybridized carbons (Fsp3) is 0.714. The number of aryl methyl sites for hydroxylation is 1. The Balaban J connectivity index is 2.22. The van der Waals surface area contributed by atoms with Gasteiger partial charge in [-0.05, 0) is 20.8 Å². The molecule has 1 aliphatic rings. The Labute approximate surface area is 119 Å². The van der Waals surface area contributed by atoms with Gasteiger partial charge < -0.3 is 14.6 Å². The third kappa shape index (κ3) is 2.86. The minimum absolute atomic E-state index is 0.0231. The third-order valence-electron chi connectivity index (χ3n) is 4.00. The molecule has 0 saturated carbocycles. The molecule has 0 amide bonds. The smallest absolute Gasteiger partial charge is 0.293 e. The van der Waals surface area contributed by atoms with E-state index in [0.717, 1.165) is 13.1 Å². The summed E-state index contributed by atoms with van der Waals surface area (Å²) in [5.74, 6) is 0.539. The number of aliphatic hydroxyl groups is 1. The molecule has 1 saturated heterocycles. The fourth-order valence-corrected chi connectivity index (χ4v) is 2.99. The van der Waals surface area contributed by atoms with E-state index in [9.17, 15) is 4.79 Å². The van der Waals surface area contributed by atoms with E-state index in [-0.39, 0.29) is 12.2 Å². The van der Waals surface area contributed by atoms with E-state index in [4.69, 9.17) is 5.11 Å². The first-order valence-corrected chi connectivity index (χ1v) is 7.25. The molecule has 0 aliphatic carbocycles. The van der Waals surface area contributed by atoms with Crippen LogP contribution in [0.2, 0.25) is 0 Å². The van der Waals surface area contributed by atoms with Gasteiger partial charge in [-0.15, -0.1) is 0 Å². The Bertz CT molecular complexity index is 490. The van der Waals surface area contributed by atoms with Crippen LogP contribution in [0.25, 0.3) is 0 Å². The largest absolute Gasteiger partial charge is 0.395 e. The lowest BCUT2D eigenvalue weighted by atomic mass is 10.1. The van der Waals surface area contributed by atoms with Gasteiger partial charge in [-0.2, -0.15) is 0 Å². The molecule has 0 unspecified atom stereocenters. The van der Waals surface area contributed by atoms with Crippen molar-refractivity contribution >= 4 is 5.82 Å². The first-order chi connectivity index (χ1) is 9.58. The summed E-state index contributed by atoms with van der Waals surface area (Å²) in [6, 6.07) is 0.588. The number of hydrogen-bond donors (Lipinski definition) is 1. The van der Waals surface area contributed by atoms with Crippen LogP contribution in [0.15, 0.2) is 17.2 Å². The average Bonchev–Trinajstić information content (AvgIpc) is 2.43. The van der Waals surface area contributed by atoms with Gasteiger partial charge in [0.2, 0.25) is 0 Å². The van der Waals surface area contributed by atoms with Crippen LogP contribution in [-0.2, 0) is 6.54 Å². The molecular formula is C14H24N4O2. The minimum Gasteiger partial charge on any atom is -0.395 e. The van der Waals surface area contributed by atoms with Gasteiger partial charge >= 0.3 is 0 Å². The summed E-state index contributed by atoms with van der Waals surface area (Å²) in [5, 5.41) is 9.13. The van der Waals surface area contributed by atoms with Crippen LogP contribution < -0.4 is 10.5 Å². The Morgan fingerprint density at radius 2 is 2.00 bits per heavy atom. The van der Waals surface area contributed by atoms with Crippen molar-refractivity contribution in [2.45, 2.75) is 39.4 Å². The zero-order valence-corrected chi connectivity index (χ0v) is 12.5. The van der Waals surface area contributed by atoms with Gasteiger partial charge in [0.25, 0.3) is 5.56 Å². The highest BCUT2D eigenvalue weighted by atomic mass is 16.3. The van der Waals surface area contributed by atoms with E-state index < -0.39 is 0 Å². The van der Waals surface area contributed by atoms with E-state index in [2.05, 4.69) is 28.6 Å². The Kier molecular flexibility index (Phi) is 4.77. The molecular weight excluding hydrogens is 256 g/mol. The van der Waals surface area contributed by atoms with Crippen molar-refractivity contribution < 1.29 is 5.11 Å². The number of nitrogens with zero attached hydrogens (tertiary/aromatic N) is 4. The van der Waals surface area contributed by atoms with Crippen LogP contribution in [0.1, 0.15) is 20.8 Å². The predicted octanol–water partition coefficient (Wildman–Crippen LogP) is 0.155. The second-order valence-corrected chi connectivity index (χ2v) is 5.41. The SMILES string of the molecule is CCn1ccnc(N2C[C@@H](C)N(CCO)[C@@H](C)C2)c1=O. The van der Waals surface area contributed by atoms with Gasteiger partial charge in [0, 0.05) is 50.7 Å². The number of β-amino-alcohol motifs (C(OH)–C–C–N with tert-alkyl or cyclic N) is 1. The molecule has 1 aliphatic heterocycles. The number of hydrogen-bond acceptors (Lipinski definition) is 5. The molecule has 0 radical (unpaired) electrons. The van der Waals surface area contributed by atoms with Crippen LogP contribution >= 0.6 is 0 Å². The minimum atomic E-state index is -0.0231. The van der Waals surface area contributed by atoms with Gasteiger partial charge in [0.05, 0.1) is 6.61 Å². The van der Waals surface area contributed by atoms with Gasteiger partial charge in [-0.1, -0.05) is 0 Å². The Morgan fingerprint density at radius 1 is 1.35 bits per heavy atom. The maximum Gasteiger partial charge on any atom is 0.293 e. The summed E-state index contributed by atoms with van der Waals surface area (Å²) in [6.45, 7) is 9.23. The maximum absolute atomic E-state index is 12.3. The summed E-state index contributed by atoms with van der Waals surface area (Å²) in [7, 11) is 0. The molecule has 0 bridgehead atoms. The van der Waals surface area contributed by atoms with E-state index in [0.29, 0.717) is 31.0 Å². The number of anilines is 1. The molecule has 0 spiro atoms. The van der Waals surface area contributed by atoms with Crippen molar-refractivity contribution in [1.29, 1.82) is 0 Å². The molecule has 2 rings (SSSR count). The van der Waals surface area contributed by atoms with Crippen molar-refractivity contribution in [3.63, 3.8) is 0 Å². The number of rotatable bonds is 4. The van der Waals surface area contributed by atoms with E-state index in [1.807, 2.05) is 6.92 Å². The van der Waals surface area contributed by atoms with Crippen LogP contribution in [0, 0.1) is 0 Å². The lowest BCUT2D eigenvalue weighted by Gasteiger charge is -2.44. The van der Waals surface area contributed by atoms with Crippen molar-refractivity contribution in [3.8, 4) is 0 Å². The normalized spacial score (nSPS) is 24.1. The summed E-state index contributed by atoms with van der Waals surface area (Å²) < 4.78 is 1.68. The predicted molar refractivity (Wildman–Crippen MR) is 79.1 cm³/mol. The topological polar surface area (TPSA) is 61.6 Å². The summed E-state index contributed by atoms with van der Waals surface area (Å²) >= 11 is 0. The monoisotopic (exact) mass is 280 g/mol. The zero-order chi connectivity index (χ0) is 14.7. The number of piperazine rings is 1. The molecule has 0 aromatic carbocycles. The Morgan fingerprint density at radius 3 is 2.55 bits per heavy atom. The Hall–Kier alpha value is -1.40. The van der Waals surface area contributed by atoms with Gasteiger partial charge in [-0.3, -0.25) is 9.69 Å². The molecule has 1 fully saturated rings. The zero-order valence-electron chi connectivity index (χ0n) is 12.5. The van der Waals surface area contributed by atoms with E-state index >= 15 is 0 Å².